The van der Waals surface area contributed by atoms with E-state index in [4.69, 9.17) is 5.73 Å². The van der Waals surface area contributed by atoms with E-state index in [9.17, 15) is 9.90 Å². The van der Waals surface area contributed by atoms with E-state index in [0.717, 1.165) is 30.4 Å². The summed E-state index contributed by atoms with van der Waals surface area (Å²) in [6.07, 6.45) is 13.6. The van der Waals surface area contributed by atoms with Crippen LogP contribution in [0.2, 0.25) is 0 Å². The Hall–Kier alpha value is -2.29. The molecule has 1 amide bonds. The van der Waals surface area contributed by atoms with E-state index in [0.29, 0.717) is 17.0 Å². The number of primary amides is 1. The van der Waals surface area contributed by atoms with Gasteiger partial charge in [0.1, 0.15) is 5.75 Å². The van der Waals surface area contributed by atoms with Crippen LogP contribution in [0, 0.1) is 0 Å². The lowest BCUT2D eigenvalue weighted by molar-refractivity contribution is 0.100. The van der Waals surface area contributed by atoms with Crippen molar-refractivity contribution in [3.63, 3.8) is 0 Å². The summed E-state index contributed by atoms with van der Waals surface area (Å²) in [5.41, 5.74) is 8.33. The van der Waals surface area contributed by atoms with Gasteiger partial charge < -0.3 is 10.8 Å². The van der Waals surface area contributed by atoms with Gasteiger partial charge in [0.25, 0.3) is 0 Å². The van der Waals surface area contributed by atoms with Crippen molar-refractivity contribution >= 4 is 5.91 Å². The Bertz CT molecular complexity index is 770. The van der Waals surface area contributed by atoms with Gasteiger partial charge in [0.2, 0.25) is 5.91 Å². The first-order valence-electron chi connectivity index (χ1n) is 11.8. The van der Waals surface area contributed by atoms with Gasteiger partial charge in [0.05, 0.1) is 5.56 Å². The highest BCUT2D eigenvalue weighted by atomic mass is 16.3. The van der Waals surface area contributed by atoms with E-state index in [2.05, 4.69) is 13.8 Å². The average Bonchev–Trinajstić information content (AvgIpc) is 2.75. The third kappa shape index (κ3) is 6.90. The van der Waals surface area contributed by atoms with Gasteiger partial charge in [-0.3, -0.25) is 4.79 Å². The first-order chi connectivity index (χ1) is 14.6. The Morgan fingerprint density at radius 2 is 1.47 bits per heavy atom. The summed E-state index contributed by atoms with van der Waals surface area (Å²) in [4.78, 5) is 12.0. The van der Waals surface area contributed by atoms with Gasteiger partial charge in [-0.25, -0.2) is 0 Å². The maximum absolute atomic E-state index is 12.0. The van der Waals surface area contributed by atoms with Crippen LogP contribution in [0.5, 0.6) is 5.75 Å². The molecule has 0 aliphatic heterocycles. The van der Waals surface area contributed by atoms with Crippen LogP contribution in [-0.4, -0.2) is 11.0 Å². The molecule has 3 heteroatoms. The number of carbonyl (C=O) groups is 1. The van der Waals surface area contributed by atoms with Crippen molar-refractivity contribution in [2.45, 2.75) is 90.4 Å². The Kier molecular flexibility index (Phi) is 10.5. The fraction of sp³-hybridized carbons (Fsp3) is 0.519. The predicted molar refractivity (Wildman–Crippen MR) is 127 cm³/mol. The number of carbonyl (C=O) groups excluding carboxylic acids is 1. The van der Waals surface area contributed by atoms with Gasteiger partial charge in [0, 0.05) is 5.56 Å². The number of benzene rings is 2. The Morgan fingerprint density at radius 1 is 0.833 bits per heavy atom. The van der Waals surface area contributed by atoms with Gasteiger partial charge in [-0.15, -0.1) is 0 Å². The molecule has 3 nitrogen and oxygen atoms in total. The van der Waals surface area contributed by atoms with Gasteiger partial charge in [-0.05, 0) is 36.0 Å². The lowest BCUT2D eigenvalue weighted by Gasteiger charge is -2.21. The summed E-state index contributed by atoms with van der Waals surface area (Å²) >= 11 is 0. The van der Waals surface area contributed by atoms with Crippen LogP contribution in [0.15, 0.2) is 42.5 Å². The zero-order valence-corrected chi connectivity index (χ0v) is 18.8. The van der Waals surface area contributed by atoms with Crippen molar-refractivity contribution in [1.82, 2.24) is 0 Å². The SMILES string of the molecule is CCCCCCCCCCC(CCC)c1ccc(C(N)=O)c(-c2ccccc2)c1O. The molecule has 0 aromatic heterocycles. The fourth-order valence-electron chi connectivity index (χ4n) is 4.37. The molecule has 0 bridgehead atoms. The van der Waals surface area contributed by atoms with Crippen molar-refractivity contribution in [3.8, 4) is 16.9 Å². The summed E-state index contributed by atoms with van der Waals surface area (Å²) in [7, 11) is 0. The molecule has 164 valence electrons. The average molecular weight is 410 g/mol. The molecule has 2 aromatic carbocycles. The first-order valence-corrected chi connectivity index (χ1v) is 11.8. The molecule has 0 aliphatic rings. The van der Waals surface area contributed by atoms with Crippen LogP contribution in [0.1, 0.15) is 106 Å². The summed E-state index contributed by atoms with van der Waals surface area (Å²) in [6.45, 7) is 4.44. The summed E-state index contributed by atoms with van der Waals surface area (Å²) in [6, 6.07) is 13.3. The number of unbranched alkanes of at least 4 members (excludes halogenated alkanes) is 7. The second kappa shape index (κ2) is 13.1. The van der Waals surface area contributed by atoms with Crippen LogP contribution in [0.3, 0.4) is 0 Å². The Balaban J connectivity index is 2.13. The van der Waals surface area contributed by atoms with Crippen LogP contribution in [0.25, 0.3) is 11.1 Å². The van der Waals surface area contributed by atoms with Crippen LogP contribution in [0.4, 0.5) is 0 Å². The first kappa shape index (κ1) is 24.0. The third-order valence-electron chi connectivity index (χ3n) is 6.02. The molecule has 0 aliphatic carbocycles. The highest BCUT2D eigenvalue weighted by Crippen LogP contribution is 2.41. The number of amides is 1. The molecule has 0 saturated heterocycles. The van der Waals surface area contributed by atoms with E-state index in [1.165, 1.54) is 51.4 Å². The maximum atomic E-state index is 12.0. The van der Waals surface area contributed by atoms with Gasteiger partial charge in [0.15, 0.2) is 0 Å². The molecule has 2 aromatic rings. The minimum Gasteiger partial charge on any atom is -0.507 e. The van der Waals surface area contributed by atoms with Crippen molar-refractivity contribution in [2.24, 2.45) is 5.73 Å². The molecular weight excluding hydrogens is 370 g/mol. The van der Waals surface area contributed by atoms with E-state index in [-0.39, 0.29) is 5.75 Å². The molecule has 2 rings (SSSR count). The molecule has 0 spiro atoms. The number of phenols is 1. The van der Waals surface area contributed by atoms with E-state index < -0.39 is 5.91 Å². The zero-order valence-electron chi connectivity index (χ0n) is 18.8. The lowest BCUT2D eigenvalue weighted by Crippen LogP contribution is -2.13. The monoisotopic (exact) mass is 409 g/mol. The molecule has 1 unspecified atom stereocenters. The molecule has 30 heavy (non-hydrogen) atoms. The standard InChI is InChI=1S/C27H39NO2/c1-3-5-6-7-8-9-10-12-16-21(15-4-2)23-19-20-24(27(28)30)25(26(23)29)22-17-13-11-14-18-22/h11,13-14,17-21,29H,3-10,12,15-16H2,1-2H3,(H2,28,30). The number of aromatic hydroxyl groups is 1. The third-order valence-corrected chi connectivity index (χ3v) is 6.02. The van der Waals surface area contributed by atoms with Crippen molar-refractivity contribution < 1.29 is 9.90 Å². The molecular formula is C27H39NO2. The number of rotatable bonds is 14. The smallest absolute Gasteiger partial charge is 0.249 e. The van der Waals surface area contributed by atoms with Crippen molar-refractivity contribution in [2.75, 3.05) is 0 Å². The summed E-state index contributed by atoms with van der Waals surface area (Å²) in [5.74, 6) is 0.0146. The van der Waals surface area contributed by atoms with Crippen molar-refractivity contribution in [1.29, 1.82) is 0 Å². The fourth-order valence-corrected chi connectivity index (χ4v) is 4.37. The lowest BCUT2D eigenvalue weighted by atomic mass is 9.85. The summed E-state index contributed by atoms with van der Waals surface area (Å²) in [5, 5.41) is 11.2. The zero-order chi connectivity index (χ0) is 21.8. The van der Waals surface area contributed by atoms with Gasteiger partial charge in [-0.1, -0.05) is 108 Å². The molecule has 0 heterocycles. The quantitative estimate of drug-likeness (QED) is 0.316. The second-order valence-corrected chi connectivity index (χ2v) is 8.41. The second-order valence-electron chi connectivity index (χ2n) is 8.41. The van der Waals surface area contributed by atoms with Crippen LogP contribution >= 0.6 is 0 Å². The molecule has 0 radical (unpaired) electrons. The maximum Gasteiger partial charge on any atom is 0.249 e. The van der Waals surface area contributed by atoms with E-state index >= 15 is 0 Å². The molecule has 1 atom stereocenters. The minimum absolute atomic E-state index is 0.218. The van der Waals surface area contributed by atoms with Gasteiger partial charge >= 0.3 is 0 Å². The molecule has 3 N–H and O–H groups in total. The normalized spacial score (nSPS) is 12.1. The molecule has 0 saturated carbocycles. The minimum atomic E-state index is -0.509. The number of hydrogen-bond donors (Lipinski definition) is 2. The Morgan fingerprint density at radius 3 is 2.07 bits per heavy atom. The number of hydrogen-bond acceptors (Lipinski definition) is 2. The predicted octanol–water partition coefficient (Wildman–Crippen LogP) is 7.57. The molecule has 0 fully saturated rings. The van der Waals surface area contributed by atoms with Crippen LogP contribution in [-0.2, 0) is 0 Å². The topological polar surface area (TPSA) is 63.3 Å². The number of phenolic OH excluding ortho intramolecular Hbond substituents is 1. The van der Waals surface area contributed by atoms with Gasteiger partial charge in [-0.2, -0.15) is 0 Å². The highest BCUT2D eigenvalue weighted by molar-refractivity contribution is 6.01. The van der Waals surface area contributed by atoms with E-state index in [1.807, 2.05) is 36.4 Å². The highest BCUT2D eigenvalue weighted by Gasteiger charge is 2.22. The van der Waals surface area contributed by atoms with E-state index in [1.54, 1.807) is 6.07 Å². The number of nitrogens with two attached hydrogens (primary N) is 1. The largest absolute Gasteiger partial charge is 0.507 e. The Labute approximate surface area is 182 Å². The summed E-state index contributed by atoms with van der Waals surface area (Å²) < 4.78 is 0. The van der Waals surface area contributed by atoms with Crippen LogP contribution < -0.4 is 5.73 Å². The van der Waals surface area contributed by atoms with Crippen molar-refractivity contribution in [3.05, 3.63) is 53.6 Å².